The number of anilines is 2. The molecule has 1 saturated heterocycles. The lowest BCUT2D eigenvalue weighted by Crippen LogP contribution is -2.37. The second kappa shape index (κ2) is 7.18. The molecule has 25 heavy (non-hydrogen) atoms. The van der Waals surface area contributed by atoms with Gasteiger partial charge in [-0.3, -0.25) is 9.59 Å². The molecule has 1 atom stereocenters. The number of carbonyl (C=O) groups is 2. The Balaban J connectivity index is 1.82. The Labute approximate surface area is 147 Å². The van der Waals surface area contributed by atoms with Crippen LogP contribution in [0.2, 0.25) is 0 Å². The molecular formula is C20H19N3O2. The van der Waals surface area contributed by atoms with Crippen LogP contribution < -0.4 is 9.80 Å². The fourth-order valence-electron chi connectivity index (χ4n) is 3.20. The predicted molar refractivity (Wildman–Crippen MR) is 96.1 cm³/mol. The molecule has 0 bridgehead atoms. The van der Waals surface area contributed by atoms with Crippen molar-refractivity contribution in [2.75, 3.05) is 22.9 Å². The normalized spacial score (nSPS) is 16.6. The highest BCUT2D eigenvalue weighted by Crippen LogP contribution is 2.29. The van der Waals surface area contributed by atoms with E-state index >= 15 is 0 Å². The molecule has 5 heteroatoms. The Bertz CT molecular complexity index is 826. The zero-order valence-electron chi connectivity index (χ0n) is 14.1. The minimum atomic E-state index is -0.403. The fraction of sp³-hybridized carbons (Fsp3) is 0.250. The second-order valence-electron chi connectivity index (χ2n) is 5.95. The van der Waals surface area contributed by atoms with E-state index in [2.05, 4.69) is 6.07 Å². The van der Waals surface area contributed by atoms with Crippen LogP contribution in [0.15, 0.2) is 54.6 Å². The van der Waals surface area contributed by atoms with Gasteiger partial charge in [0.05, 0.1) is 17.2 Å². The van der Waals surface area contributed by atoms with Crippen molar-refractivity contribution in [2.45, 2.75) is 13.3 Å². The van der Waals surface area contributed by atoms with E-state index in [1.807, 2.05) is 37.3 Å². The van der Waals surface area contributed by atoms with Crippen LogP contribution >= 0.6 is 0 Å². The van der Waals surface area contributed by atoms with Crippen molar-refractivity contribution < 1.29 is 9.59 Å². The lowest BCUT2D eigenvalue weighted by atomic mass is 10.1. The zero-order chi connectivity index (χ0) is 17.8. The maximum atomic E-state index is 12.9. The number of benzene rings is 2. The van der Waals surface area contributed by atoms with E-state index in [1.54, 1.807) is 34.1 Å². The van der Waals surface area contributed by atoms with E-state index in [0.717, 1.165) is 5.69 Å². The van der Waals surface area contributed by atoms with Gasteiger partial charge in [-0.1, -0.05) is 30.3 Å². The van der Waals surface area contributed by atoms with Gasteiger partial charge < -0.3 is 9.80 Å². The second-order valence-corrected chi connectivity index (χ2v) is 5.95. The summed E-state index contributed by atoms with van der Waals surface area (Å²) in [6.07, 6.45) is 0.169. The van der Waals surface area contributed by atoms with Crippen molar-refractivity contribution in [3.8, 4) is 6.07 Å². The number of carbonyl (C=O) groups excluding carboxylic acids is 2. The number of hydrogen-bond donors (Lipinski definition) is 0. The molecular weight excluding hydrogens is 314 g/mol. The van der Waals surface area contributed by atoms with Crippen LogP contribution in [0.25, 0.3) is 0 Å². The maximum Gasteiger partial charge on any atom is 0.232 e. The largest absolute Gasteiger partial charge is 0.312 e. The minimum Gasteiger partial charge on any atom is -0.312 e. The van der Waals surface area contributed by atoms with Crippen LogP contribution in [-0.2, 0) is 9.59 Å². The Hall–Kier alpha value is -3.13. The topological polar surface area (TPSA) is 64.4 Å². The minimum absolute atomic E-state index is 0.0565. The molecule has 0 N–H and O–H groups in total. The van der Waals surface area contributed by atoms with Crippen molar-refractivity contribution in [3.63, 3.8) is 0 Å². The van der Waals surface area contributed by atoms with Gasteiger partial charge in [0, 0.05) is 25.2 Å². The Morgan fingerprint density at radius 3 is 2.56 bits per heavy atom. The Morgan fingerprint density at radius 2 is 1.88 bits per heavy atom. The quantitative estimate of drug-likeness (QED) is 0.864. The lowest BCUT2D eigenvalue weighted by Gasteiger charge is -2.24. The van der Waals surface area contributed by atoms with Gasteiger partial charge in [-0.15, -0.1) is 0 Å². The van der Waals surface area contributed by atoms with Gasteiger partial charge in [-0.05, 0) is 31.2 Å². The maximum absolute atomic E-state index is 12.9. The molecule has 1 aliphatic heterocycles. The third kappa shape index (κ3) is 3.24. The third-order valence-electron chi connectivity index (χ3n) is 4.44. The first-order valence-electron chi connectivity index (χ1n) is 8.31. The van der Waals surface area contributed by atoms with Gasteiger partial charge in [0.25, 0.3) is 0 Å². The summed E-state index contributed by atoms with van der Waals surface area (Å²) in [7, 11) is 0. The molecule has 0 radical (unpaired) electrons. The number of amides is 2. The number of hydrogen-bond acceptors (Lipinski definition) is 3. The average molecular weight is 333 g/mol. The highest BCUT2D eigenvalue weighted by Gasteiger charge is 2.37. The highest BCUT2D eigenvalue weighted by atomic mass is 16.2. The SMILES string of the molecule is CCN(C(=O)C1CC(=O)N(c2ccccc2C#N)C1)c1ccccc1. The summed E-state index contributed by atoms with van der Waals surface area (Å²) >= 11 is 0. The van der Waals surface area contributed by atoms with Crippen LogP contribution in [0.4, 0.5) is 11.4 Å². The van der Waals surface area contributed by atoms with Crippen molar-refractivity contribution in [3.05, 3.63) is 60.2 Å². The molecule has 0 spiro atoms. The molecule has 2 aromatic rings. The molecule has 0 aliphatic carbocycles. The number of rotatable bonds is 4. The molecule has 1 fully saturated rings. The van der Waals surface area contributed by atoms with Gasteiger partial charge >= 0.3 is 0 Å². The van der Waals surface area contributed by atoms with Gasteiger partial charge in [0.2, 0.25) is 11.8 Å². The molecule has 2 aromatic carbocycles. The van der Waals surface area contributed by atoms with Gasteiger partial charge in [0.1, 0.15) is 6.07 Å². The van der Waals surface area contributed by atoms with Gasteiger partial charge in [-0.25, -0.2) is 0 Å². The molecule has 0 aromatic heterocycles. The summed E-state index contributed by atoms with van der Waals surface area (Å²) in [4.78, 5) is 28.6. The predicted octanol–water partition coefficient (Wildman–Crippen LogP) is 2.96. The molecule has 0 saturated carbocycles. The van der Waals surface area contributed by atoms with E-state index in [4.69, 9.17) is 0 Å². The molecule has 1 unspecified atom stereocenters. The first kappa shape index (κ1) is 16.7. The molecule has 1 aliphatic rings. The monoisotopic (exact) mass is 333 g/mol. The van der Waals surface area contributed by atoms with Crippen molar-refractivity contribution in [1.29, 1.82) is 5.26 Å². The first-order chi connectivity index (χ1) is 12.2. The van der Waals surface area contributed by atoms with E-state index in [0.29, 0.717) is 24.3 Å². The van der Waals surface area contributed by atoms with Crippen LogP contribution in [0.5, 0.6) is 0 Å². The smallest absolute Gasteiger partial charge is 0.232 e. The summed E-state index contributed by atoms with van der Waals surface area (Å²) in [6.45, 7) is 2.77. The Kier molecular flexibility index (Phi) is 4.80. The van der Waals surface area contributed by atoms with Crippen molar-refractivity contribution >= 4 is 23.2 Å². The number of nitrogens with zero attached hydrogens (tertiary/aromatic N) is 3. The summed E-state index contributed by atoms with van der Waals surface area (Å²) in [5, 5.41) is 9.25. The molecule has 5 nitrogen and oxygen atoms in total. The van der Waals surface area contributed by atoms with Crippen molar-refractivity contribution in [2.24, 2.45) is 5.92 Å². The van der Waals surface area contributed by atoms with E-state index < -0.39 is 5.92 Å². The lowest BCUT2D eigenvalue weighted by molar-refractivity contribution is -0.124. The van der Waals surface area contributed by atoms with Crippen LogP contribution in [0.3, 0.4) is 0 Å². The van der Waals surface area contributed by atoms with Gasteiger partial charge in [0.15, 0.2) is 0 Å². The average Bonchev–Trinajstić information content (AvgIpc) is 3.04. The molecule has 126 valence electrons. The van der Waals surface area contributed by atoms with Crippen LogP contribution in [0, 0.1) is 17.2 Å². The van der Waals surface area contributed by atoms with Crippen molar-refractivity contribution in [1.82, 2.24) is 0 Å². The standard InChI is InChI=1S/C20H19N3O2/c1-2-22(17-9-4-3-5-10-17)20(25)16-12-19(24)23(14-16)18-11-7-6-8-15(18)13-21/h3-11,16H,2,12,14H2,1H3. The molecule has 3 rings (SSSR count). The molecule has 2 amide bonds. The number of nitriles is 1. The highest BCUT2D eigenvalue weighted by molar-refractivity contribution is 6.04. The van der Waals surface area contributed by atoms with Gasteiger partial charge in [-0.2, -0.15) is 5.26 Å². The van der Waals surface area contributed by atoms with Crippen LogP contribution in [-0.4, -0.2) is 24.9 Å². The third-order valence-corrected chi connectivity index (χ3v) is 4.44. The van der Waals surface area contributed by atoms with Crippen LogP contribution in [0.1, 0.15) is 18.9 Å². The molecule has 1 heterocycles. The first-order valence-corrected chi connectivity index (χ1v) is 8.31. The Morgan fingerprint density at radius 1 is 1.20 bits per heavy atom. The summed E-state index contributed by atoms with van der Waals surface area (Å²) in [5.74, 6) is -0.580. The number of para-hydroxylation sites is 2. The van der Waals surface area contributed by atoms with E-state index in [-0.39, 0.29) is 18.2 Å². The summed E-state index contributed by atoms with van der Waals surface area (Å²) in [5.41, 5.74) is 1.85. The van der Waals surface area contributed by atoms with E-state index in [1.165, 1.54) is 0 Å². The fourth-order valence-corrected chi connectivity index (χ4v) is 3.20. The zero-order valence-corrected chi connectivity index (χ0v) is 14.1. The van der Waals surface area contributed by atoms with E-state index in [9.17, 15) is 14.9 Å². The summed E-state index contributed by atoms with van der Waals surface area (Å²) in [6, 6.07) is 18.6. The summed E-state index contributed by atoms with van der Waals surface area (Å²) < 4.78 is 0.